The van der Waals surface area contributed by atoms with Crippen molar-refractivity contribution >= 4 is 66.3 Å². The minimum atomic E-state index is -4.13. The second-order valence-electron chi connectivity index (χ2n) is 7.26. The largest absolute Gasteiger partial charge is 0.467 e. The topological polar surface area (TPSA) is 168 Å². The SMILES string of the molecule is CNC(=O)N(C)c1nc2ccccc2s1.COc1nc(C)nc(NC(=O)NS(=O)(=O)c2ccccc2Cl)n1. The molecule has 4 rings (SSSR count). The van der Waals surface area contributed by atoms with Crippen molar-refractivity contribution in [3.05, 3.63) is 59.4 Å². The lowest BCUT2D eigenvalue weighted by molar-refractivity contribution is 0.249. The first-order valence-electron chi connectivity index (χ1n) is 10.7. The van der Waals surface area contributed by atoms with Crippen molar-refractivity contribution < 1.29 is 22.7 Å². The molecule has 2 aromatic carbocycles. The number of aromatic nitrogens is 4. The first kappa shape index (κ1) is 28.5. The number of para-hydroxylation sites is 1. The number of nitrogens with zero attached hydrogens (tertiary/aromatic N) is 5. The summed E-state index contributed by atoms with van der Waals surface area (Å²) in [6.07, 6.45) is 0. The molecule has 0 saturated heterocycles. The number of benzene rings is 2. The van der Waals surface area contributed by atoms with Crippen molar-refractivity contribution in [3.8, 4) is 6.01 Å². The van der Waals surface area contributed by atoms with Gasteiger partial charge in [0, 0.05) is 14.1 Å². The zero-order chi connectivity index (χ0) is 27.9. The second-order valence-corrected chi connectivity index (χ2v) is 10.3. The molecular weight excluding hydrogens is 556 g/mol. The number of urea groups is 2. The van der Waals surface area contributed by atoms with E-state index in [1.165, 1.54) is 41.5 Å². The van der Waals surface area contributed by atoms with E-state index in [4.69, 9.17) is 16.3 Å². The molecule has 2 heterocycles. The molecule has 0 bridgehead atoms. The number of ether oxygens (including phenoxy) is 1. The van der Waals surface area contributed by atoms with E-state index in [9.17, 15) is 18.0 Å². The number of carbonyl (C=O) groups is 2. The van der Waals surface area contributed by atoms with E-state index in [0.717, 1.165) is 10.2 Å². The van der Waals surface area contributed by atoms with Crippen LogP contribution in [-0.4, -0.2) is 61.6 Å². The lowest BCUT2D eigenvalue weighted by Gasteiger charge is -2.11. The van der Waals surface area contributed by atoms with Gasteiger partial charge in [0.2, 0.25) is 5.95 Å². The highest BCUT2D eigenvalue weighted by molar-refractivity contribution is 7.90. The van der Waals surface area contributed by atoms with Crippen molar-refractivity contribution in [1.82, 2.24) is 30.0 Å². The van der Waals surface area contributed by atoms with Gasteiger partial charge in [-0.05, 0) is 31.2 Å². The number of thiazole rings is 1. The van der Waals surface area contributed by atoms with Gasteiger partial charge >= 0.3 is 18.1 Å². The van der Waals surface area contributed by atoms with Crippen LogP contribution in [-0.2, 0) is 10.0 Å². The molecule has 4 aromatic rings. The summed E-state index contributed by atoms with van der Waals surface area (Å²) in [6.45, 7) is 1.56. The third kappa shape index (κ3) is 7.24. The van der Waals surface area contributed by atoms with Crippen LogP contribution in [0.4, 0.5) is 20.7 Å². The van der Waals surface area contributed by atoms with Crippen LogP contribution in [0.3, 0.4) is 0 Å². The Kier molecular flexibility index (Phi) is 9.33. The maximum Gasteiger partial charge on any atom is 0.335 e. The van der Waals surface area contributed by atoms with Crippen molar-refractivity contribution in [2.45, 2.75) is 11.8 Å². The zero-order valence-corrected chi connectivity index (χ0v) is 23.0. The van der Waals surface area contributed by atoms with Gasteiger partial charge in [-0.1, -0.05) is 47.2 Å². The fourth-order valence-corrected chi connectivity index (χ4v) is 5.18. The summed E-state index contributed by atoms with van der Waals surface area (Å²) in [4.78, 5) is 40.3. The summed E-state index contributed by atoms with van der Waals surface area (Å²) in [5.74, 6) is 0.141. The summed E-state index contributed by atoms with van der Waals surface area (Å²) >= 11 is 7.32. The van der Waals surface area contributed by atoms with Crippen LogP contribution in [0, 0.1) is 6.92 Å². The number of fused-ring (bicyclic) bond motifs is 1. The smallest absolute Gasteiger partial charge is 0.335 e. The third-order valence-corrected chi connectivity index (χ3v) is 7.52. The summed E-state index contributed by atoms with van der Waals surface area (Å²) in [6, 6.07) is 12.3. The molecule has 0 saturated carbocycles. The molecule has 0 unspecified atom stereocenters. The van der Waals surface area contributed by atoms with E-state index in [0.29, 0.717) is 11.0 Å². The average molecular weight is 579 g/mol. The third-order valence-electron chi connectivity index (χ3n) is 4.58. The Morgan fingerprint density at radius 3 is 2.37 bits per heavy atom. The molecule has 0 aliphatic heterocycles. The molecule has 200 valence electrons. The maximum absolute atomic E-state index is 12.1. The van der Waals surface area contributed by atoms with Crippen LogP contribution in [0.15, 0.2) is 53.4 Å². The van der Waals surface area contributed by atoms with Crippen LogP contribution >= 0.6 is 22.9 Å². The lowest BCUT2D eigenvalue weighted by Crippen LogP contribution is -2.35. The van der Waals surface area contributed by atoms with Crippen molar-refractivity contribution in [1.29, 1.82) is 0 Å². The van der Waals surface area contributed by atoms with Gasteiger partial charge in [-0.25, -0.2) is 27.7 Å². The highest BCUT2D eigenvalue weighted by Gasteiger charge is 2.21. The van der Waals surface area contributed by atoms with Crippen molar-refractivity contribution in [2.24, 2.45) is 0 Å². The predicted molar refractivity (Wildman–Crippen MR) is 144 cm³/mol. The molecule has 0 spiro atoms. The van der Waals surface area contributed by atoms with E-state index in [1.807, 2.05) is 29.0 Å². The number of hydrogen-bond acceptors (Lipinski definition) is 10. The van der Waals surface area contributed by atoms with Gasteiger partial charge < -0.3 is 10.1 Å². The molecule has 0 aliphatic carbocycles. The molecule has 3 N–H and O–H groups in total. The number of carbonyl (C=O) groups excluding carboxylic acids is 2. The van der Waals surface area contributed by atoms with Gasteiger partial charge in [0.05, 0.1) is 22.3 Å². The van der Waals surface area contributed by atoms with E-state index in [-0.39, 0.29) is 27.9 Å². The Morgan fingerprint density at radius 2 is 1.71 bits per heavy atom. The van der Waals surface area contributed by atoms with Crippen LogP contribution in [0.1, 0.15) is 5.82 Å². The predicted octanol–water partition coefficient (Wildman–Crippen LogP) is 3.42. The van der Waals surface area contributed by atoms with Crippen LogP contribution in [0.2, 0.25) is 5.02 Å². The summed E-state index contributed by atoms with van der Waals surface area (Å²) < 4.78 is 32.0. The molecule has 0 atom stereocenters. The number of hydrogen-bond donors (Lipinski definition) is 3. The number of amides is 4. The Labute approximate surface area is 227 Å². The standard InChI is InChI=1S/C12H12ClN5O4S.C10H11N3OS/c1-7-14-10(17-12(15-7)22-2)16-11(19)18-23(20,21)9-6-4-3-5-8(9)13;1-11-9(14)13(2)10-12-7-5-3-4-6-8(7)15-10/h3-6H,1-2H3,(H2,14,15,16,17,18,19);3-6H,1-2H3,(H,11,14). The number of nitrogens with one attached hydrogen (secondary N) is 3. The average Bonchev–Trinajstić information content (AvgIpc) is 3.32. The monoisotopic (exact) mass is 578 g/mol. The second kappa shape index (κ2) is 12.4. The minimum absolute atomic E-state index is 0.00882. The number of anilines is 2. The first-order valence-corrected chi connectivity index (χ1v) is 13.4. The molecule has 38 heavy (non-hydrogen) atoms. The quantitative estimate of drug-likeness (QED) is 0.321. The summed E-state index contributed by atoms with van der Waals surface area (Å²) in [5.41, 5.74) is 0.924. The van der Waals surface area contributed by atoms with Gasteiger partial charge in [-0.15, -0.1) is 0 Å². The Bertz CT molecular complexity index is 1530. The van der Waals surface area contributed by atoms with Crippen LogP contribution in [0.25, 0.3) is 10.2 Å². The number of halogens is 1. The fraction of sp³-hybridized carbons (Fsp3) is 0.182. The molecule has 0 radical (unpaired) electrons. The highest BCUT2D eigenvalue weighted by atomic mass is 35.5. The molecular formula is C22H23ClN8O5S2. The molecule has 4 amide bonds. The number of rotatable bonds is 5. The highest BCUT2D eigenvalue weighted by Crippen LogP contribution is 2.27. The Morgan fingerprint density at radius 1 is 1.03 bits per heavy atom. The number of aryl methyl sites for hydroxylation is 1. The molecule has 13 nitrogen and oxygen atoms in total. The number of sulfonamides is 1. The van der Waals surface area contributed by atoms with Gasteiger partial charge in [-0.3, -0.25) is 10.2 Å². The zero-order valence-electron chi connectivity index (χ0n) is 20.6. The van der Waals surface area contributed by atoms with Gasteiger partial charge in [-0.2, -0.15) is 15.0 Å². The van der Waals surface area contributed by atoms with Crippen LogP contribution in [0.5, 0.6) is 6.01 Å². The molecule has 0 fully saturated rings. The van der Waals surface area contributed by atoms with Gasteiger partial charge in [0.15, 0.2) is 5.13 Å². The molecule has 0 aliphatic rings. The van der Waals surface area contributed by atoms with Crippen molar-refractivity contribution in [2.75, 3.05) is 31.4 Å². The molecule has 2 aromatic heterocycles. The normalized spacial score (nSPS) is 10.7. The Balaban J connectivity index is 0.000000230. The Hall–Kier alpha value is -4.08. The van der Waals surface area contributed by atoms with Crippen molar-refractivity contribution in [3.63, 3.8) is 0 Å². The van der Waals surface area contributed by atoms with E-state index in [2.05, 4.69) is 30.6 Å². The summed E-state index contributed by atoms with van der Waals surface area (Å²) in [5, 5.41) is 5.44. The lowest BCUT2D eigenvalue weighted by atomic mass is 10.3. The molecule has 16 heteroatoms. The van der Waals surface area contributed by atoms with Gasteiger partial charge in [0.1, 0.15) is 10.7 Å². The van der Waals surface area contributed by atoms with E-state index >= 15 is 0 Å². The first-order chi connectivity index (χ1) is 18.0. The summed E-state index contributed by atoms with van der Waals surface area (Å²) in [7, 11) is 0.523. The van der Waals surface area contributed by atoms with Crippen LogP contribution < -0.4 is 25.0 Å². The van der Waals surface area contributed by atoms with Gasteiger partial charge in [0.25, 0.3) is 10.0 Å². The minimum Gasteiger partial charge on any atom is -0.467 e. The van der Waals surface area contributed by atoms with E-state index < -0.39 is 16.1 Å². The number of methoxy groups -OCH3 is 1. The van der Waals surface area contributed by atoms with E-state index in [1.54, 1.807) is 27.1 Å². The maximum atomic E-state index is 12.1. The fourth-order valence-electron chi connectivity index (χ4n) is 2.83.